The fraction of sp³-hybridized carbons (Fsp3) is 0.750. The minimum Gasteiger partial charge on any atom is -0.349 e. The lowest BCUT2D eigenvalue weighted by Crippen LogP contribution is -2.36. The summed E-state index contributed by atoms with van der Waals surface area (Å²) >= 11 is 0. The number of rotatable bonds is 7. The first-order valence-corrected chi connectivity index (χ1v) is 8.56. The van der Waals surface area contributed by atoms with Crippen LogP contribution >= 0.6 is 0 Å². The molecule has 0 spiro atoms. The smallest absolute Gasteiger partial charge is 0.271 e. The summed E-state index contributed by atoms with van der Waals surface area (Å²) < 4.78 is 1.93. The van der Waals surface area contributed by atoms with E-state index in [0.717, 1.165) is 38.6 Å². The normalized spacial score (nSPS) is 22.0. The molecule has 1 saturated carbocycles. The molecule has 1 amide bonds. The summed E-state index contributed by atoms with van der Waals surface area (Å²) in [7, 11) is 0. The predicted octanol–water partition coefficient (Wildman–Crippen LogP) is 1.02. The van der Waals surface area contributed by atoms with Crippen molar-refractivity contribution in [3.8, 4) is 0 Å². The molecule has 2 heterocycles. The zero-order valence-corrected chi connectivity index (χ0v) is 13.4. The van der Waals surface area contributed by atoms with Gasteiger partial charge in [0.1, 0.15) is 5.69 Å². The number of hydrogen-bond acceptors (Lipinski definition) is 4. The number of amides is 1. The lowest BCUT2D eigenvalue weighted by molar-refractivity contribution is 0.0941. The van der Waals surface area contributed by atoms with Gasteiger partial charge in [-0.2, -0.15) is 5.10 Å². The Kier molecular flexibility index (Phi) is 5.10. The molecule has 122 valence electrons. The minimum absolute atomic E-state index is 0.0608. The molecule has 0 aromatic carbocycles. The number of likely N-dealkylation sites (N-methyl/N-ethyl adjacent to an activating group) is 1. The molecule has 1 aromatic heterocycles. The maximum absolute atomic E-state index is 12.2. The molecule has 6 nitrogen and oxygen atoms in total. The van der Waals surface area contributed by atoms with Crippen LogP contribution in [0.25, 0.3) is 0 Å². The van der Waals surface area contributed by atoms with Gasteiger partial charge in [-0.1, -0.05) is 6.92 Å². The van der Waals surface area contributed by atoms with E-state index in [1.165, 1.54) is 19.3 Å². The number of piperidine rings is 1. The third-order valence-corrected chi connectivity index (χ3v) is 4.64. The van der Waals surface area contributed by atoms with Crippen LogP contribution in [0.4, 0.5) is 0 Å². The number of carbonyl (C=O) groups excluding carboxylic acids is 1. The monoisotopic (exact) mass is 305 g/mol. The van der Waals surface area contributed by atoms with Crippen LogP contribution in [-0.4, -0.2) is 59.4 Å². The van der Waals surface area contributed by atoms with Gasteiger partial charge in [0.25, 0.3) is 5.91 Å². The van der Waals surface area contributed by atoms with Crippen molar-refractivity contribution < 1.29 is 4.79 Å². The van der Waals surface area contributed by atoms with Gasteiger partial charge in [0.2, 0.25) is 0 Å². The molecule has 1 unspecified atom stereocenters. The molecule has 2 aliphatic rings. The van der Waals surface area contributed by atoms with Gasteiger partial charge in [-0.15, -0.1) is 0 Å². The highest BCUT2D eigenvalue weighted by Gasteiger charge is 2.27. The molecule has 0 bridgehead atoms. The zero-order valence-electron chi connectivity index (χ0n) is 13.4. The average Bonchev–Trinajstić information content (AvgIpc) is 3.27. The molecule has 2 fully saturated rings. The van der Waals surface area contributed by atoms with Gasteiger partial charge in [-0.3, -0.25) is 14.4 Å². The molecular weight excluding hydrogens is 278 g/mol. The van der Waals surface area contributed by atoms with Gasteiger partial charge >= 0.3 is 0 Å². The Bertz CT molecular complexity index is 490. The van der Waals surface area contributed by atoms with E-state index < -0.39 is 0 Å². The van der Waals surface area contributed by atoms with E-state index in [2.05, 4.69) is 27.6 Å². The van der Waals surface area contributed by atoms with Crippen LogP contribution in [0.2, 0.25) is 0 Å². The number of nitrogens with zero attached hydrogens (tertiary/aromatic N) is 3. The molecule has 3 rings (SSSR count). The Morgan fingerprint density at radius 3 is 3.05 bits per heavy atom. The van der Waals surface area contributed by atoms with Crippen molar-refractivity contribution in [3.05, 3.63) is 18.0 Å². The first-order chi connectivity index (χ1) is 10.8. The summed E-state index contributed by atoms with van der Waals surface area (Å²) in [5, 5.41) is 10.8. The van der Waals surface area contributed by atoms with Crippen LogP contribution in [0.1, 0.15) is 49.1 Å². The van der Waals surface area contributed by atoms with Crippen molar-refractivity contribution in [1.82, 2.24) is 25.3 Å². The van der Waals surface area contributed by atoms with E-state index in [9.17, 15) is 4.79 Å². The van der Waals surface area contributed by atoms with Crippen LogP contribution in [0.3, 0.4) is 0 Å². The molecule has 1 aliphatic heterocycles. The highest BCUT2D eigenvalue weighted by Crippen LogP contribution is 2.25. The van der Waals surface area contributed by atoms with E-state index in [1.54, 1.807) is 0 Å². The molecule has 1 aliphatic carbocycles. The first kappa shape index (κ1) is 15.5. The van der Waals surface area contributed by atoms with Crippen molar-refractivity contribution in [2.45, 2.75) is 44.7 Å². The Balaban J connectivity index is 1.46. The Labute approximate surface area is 132 Å². The maximum atomic E-state index is 12.2. The van der Waals surface area contributed by atoms with Crippen molar-refractivity contribution in [1.29, 1.82) is 0 Å². The van der Waals surface area contributed by atoms with Gasteiger partial charge in [0.15, 0.2) is 0 Å². The third-order valence-electron chi connectivity index (χ3n) is 4.64. The Hall–Kier alpha value is -1.40. The molecule has 6 heteroatoms. The van der Waals surface area contributed by atoms with Crippen LogP contribution in [0.15, 0.2) is 12.3 Å². The van der Waals surface area contributed by atoms with E-state index in [1.807, 2.05) is 16.9 Å². The van der Waals surface area contributed by atoms with Crippen LogP contribution in [-0.2, 0) is 0 Å². The SMILES string of the molecule is CCN(CCNC(=O)c1ccn(C2CCCNC2)n1)C1CC1. The van der Waals surface area contributed by atoms with Gasteiger partial charge in [0.05, 0.1) is 6.04 Å². The second-order valence-corrected chi connectivity index (χ2v) is 6.30. The van der Waals surface area contributed by atoms with E-state index in [0.29, 0.717) is 18.3 Å². The highest BCUT2D eigenvalue weighted by atomic mass is 16.1. The van der Waals surface area contributed by atoms with Crippen LogP contribution < -0.4 is 10.6 Å². The summed E-state index contributed by atoms with van der Waals surface area (Å²) in [5.74, 6) is -0.0608. The Morgan fingerprint density at radius 1 is 1.50 bits per heavy atom. The molecule has 2 N–H and O–H groups in total. The van der Waals surface area contributed by atoms with E-state index >= 15 is 0 Å². The molecular formula is C16H27N5O. The van der Waals surface area contributed by atoms with Crippen molar-refractivity contribution in [2.24, 2.45) is 0 Å². The maximum Gasteiger partial charge on any atom is 0.271 e. The number of hydrogen-bond donors (Lipinski definition) is 2. The molecule has 1 aromatic rings. The van der Waals surface area contributed by atoms with Crippen molar-refractivity contribution in [2.75, 3.05) is 32.7 Å². The summed E-state index contributed by atoms with van der Waals surface area (Å²) in [5.41, 5.74) is 0.528. The van der Waals surface area contributed by atoms with Crippen molar-refractivity contribution in [3.63, 3.8) is 0 Å². The third kappa shape index (κ3) is 3.87. The van der Waals surface area contributed by atoms with Crippen LogP contribution in [0, 0.1) is 0 Å². The fourth-order valence-corrected chi connectivity index (χ4v) is 3.16. The number of aromatic nitrogens is 2. The van der Waals surface area contributed by atoms with E-state index in [4.69, 9.17) is 0 Å². The van der Waals surface area contributed by atoms with Gasteiger partial charge in [0, 0.05) is 31.9 Å². The standard InChI is InChI=1S/C16H27N5O/c1-2-20(13-5-6-13)11-9-18-16(22)15-7-10-21(19-15)14-4-3-8-17-12-14/h7,10,13-14,17H,2-6,8-9,11-12H2,1H3,(H,18,22). The first-order valence-electron chi connectivity index (χ1n) is 8.56. The highest BCUT2D eigenvalue weighted by molar-refractivity contribution is 5.92. The van der Waals surface area contributed by atoms with Gasteiger partial charge in [-0.25, -0.2) is 0 Å². The molecule has 22 heavy (non-hydrogen) atoms. The second-order valence-electron chi connectivity index (χ2n) is 6.30. The summed E-state index contributed by atoms with van der Waals surface area (Å²) in [6.45, 7) is 6.89. The average molecular weight is 305 g/mol. The summed E-state index contributed by atoms with van der Waals surface area (Å²) in [6.07, 6.45) is 6.83. The summed E-state index contributed by atoms with van der Waals surface area (Å²) in [6, 6.07) is 2.95. The zero-order chi connectivity index (χ0) is 15.4. The Morgan fingerprint density at radius 2 is 2.36 bits per heavy atom. The molecule has 1 saturated heterocycles. The fourth-order valence-electron chi connectivity index (χ4n) is 3.16. The lowest BCUT2D eigenvalue weighted by Gasteiger charge is -2.22. The molecule has 0 radical (unpaired) electrons. The number of carbonyl (C=O) groups is 1. The largest absolute Gasteiger partial charge is 0.349 e. The lowest BCUT2D eigenvalue weighted by atomic mass is 10.1. The second kappa shape index (κ2) is 7.24. The van der Waals surface area contributed by atoms with E-state index in [-0.39, 0.29) is 5.91 Å². The quantitative estimate of drug-likeness (QED) is 0.789. The predicted molar refractivity (Wildman–Crippen MR) is 86.0 cm³/mol. The van der Waals surface area contributed by atoms with Gasteiger partial charge < -0.3 is 10.6 Å². The van der Waals surface area contributed by atoms with Crippen LogP contribution in [0.5, 0.6) is 0 Å². The summed E-state index contributed by atoms with van der Waals surface area (Å²) in [4.78, 5) is 14.6. The van der Waals surface area contributed by atoms with Crippen molar-refractivity contribution >= 4 is 5.91 Å². The topological polar surface area (TPSA) is 62.2 Å². The number of nitrogens with one attached hydrogen (secondary N) is 2. The molecule has 1 atom stereocenters. The van der Waals surface area contributed by atoms with Gasteiger partial charge in [-0.05, 0) is 44.8 Å². The minimum atomic E-state index is -0.0608.